The van der Waals surface area contributed by atoms with E-state index in [2.05, 4.69) is 26.0 Å². The van der Waals surface area contributed by atoms with Crippen molar-refractivity contribution in [1.82, 2.24) is 0 Å². The number of hydrogen-bond acceptors (Lipinski definition) is 1. The highest BCUT2D eigenvalue weighted by Gasteiger charge is 1.98. The Morgan fingerprint density at radius 2 is 2.09 bits per heavy atom. The van der Waals surface area contributed by atoms with Crippen LogP contribution in [0.2, 0.25) is 0 Å². The monoisotopic (exact) mass is 155 g/mol. The van der Waals surface area contributed by atoms with Gasteiger partial charge in [-0.3, -0.25) is 0 Å². The molecule has 0 aliphatic carbocycles. The molecule has 0 saturated carbocycles. The van der Waals surface area contributed by atoms with Crippen molar-refractivity contribution in [2.45, 2.75) is 39.5 Å². The van der Waals surface area contributed by atoms with E-state index in [0.717, 1.165) is 5.92 Å². The first-order valence-corrected chi connectivity index (χ1v) is 4.71. The fourth-order valence-corrected chi connectivity index (χ4v) is 1.17. The van der Waals surface area contributed by atoms with E-state index in [1.54, 1.807) is 0 Å². The average molecular weight is 155 g/mol. The van der Waals surface area contributed by atoms with E-state index in [-0.39, 0.29) is 0 Å². The number of nitrogens with two attached hydrogens (primary N) is 1. The molecule has 0 fully saturated rings. The second kappa shape index (κ2) is 7.80. The van der Waals surface area contributed by atoms with E-state index in [1.165, 1.54) is 25.7 Å². The van der Waals surface area contributed by atoms with Crippen LogP contribution in [0.15, 0.2) is 12.2 Å². The smallest absolute Gasteiger partial charge is 0.0106 e. The lowest BCUT2D eigenvalue weighted by molar-refractivity contribution is 0.539. The van der Waals surface area contributed by atoms with Crippen molar-refractivity contribution >= 4 is 0 Å². The van der Waals surface area contributed by atoms with Crippen LogP contribution in [0.4, 0.5) is 0 Å². The van der Waals surface area contributed by atoms with Gasteiger partial charge in [-0.1, -0.05) is 38.8 Å². The number of hydrogen-bond donors (Lipinski definition) is 1. The fourth-order valence-electron chi connectivity index (χ4n) is 1.17. The van der Waals surface area contributed by atoms with Crippen LogP contribution < -0.4 is 5.73 Å². The van der Waals surface area contributed by atoms with Crippen LogP contribution in [-0.4, -0.2) is 6.54 Å². The standard InChI is InChI=1S/C10H21N/c1-3-5-7-10(4-2)8-6-9-11/h6,8,10H,3-5,7,9,11H2,1-2H3/b8-6+. The van der Waals surface area contributed by atoms with Crippen LogP contribution in [0.25, 0.3) is 0 Å². The molecule has 0 aromatic heterocycles. The highest BCUT2D eigenvalue weighted by Crippen LogP contribution is 2.13. The molecule has 11 heavy (non-hydrogen) atoms. The molecule has 0 aromatic rings. The van der Waals surface area contributed by atoms with Gasteiger partial charge in [-0.15, -0.1) is 0 Å². The summed E-state index contributed by atoms with van der Waals surface area (Å²) in [6.07, 6.45) is 9.54. The first-order valence-electron chi connectivity index (χ1n) is 4.71. The summed E-state index contributed by atoms with van der Waals surface area (Å²) in [5.74, 6) is 0.762. The van der Waals surface area contributed by atoms with Gasteiger partial charge in [0.25, 0.3) is 0 Å². The Kier molecular flexibility index (Phi) is 7.59. The van der Waals surface area contributed by atoms with E-state index in [4.69, 9.17) is 5.73 Å². The predicted molar refractivity (Wildman–Crippen MR) is 51.5 cm³/mol. The maximum absolute atomic E-state index is 5.37. The Balaban J connectivity index is 3.48. The molecule has 0 amide bonds. The van der Waals surface area contributed by atoms with Crippen LogP contribution >= 0.6 is 0 Å². The summed E-state index contributed by atoms with van der Waals surface area (Å²) in [7, 11) is 0. The third kappa shape index (κ3) is 6.11. The van der Waals surface area contributed by atoms with E-state index in [9.17, 15) is 0 Å². The summed E-state index contributed by atoms with van der Waals surface area (Å²) in [5.41, 5.74) is 5.37. The SMILES string of the molecule is CCCCC(/C=C/CN)CC. The minimum absolute atomic E-state index is 0.683. The van der Waals surface area contributed by atoms with Gasteiger partial charge in [0.05, 0.1) is 0 Å². The Bertz CT molecular complexity index is 97.0. The normalized spacial score (nSPS) is 14.1. The summed E-state index contributed by atoms with van der Waals surface area (Å²) >= 11 is 0. The van der Waals surface area contributed by atoms with Crippen LogP contribution in [-0.2, 0) is 0 Å². The second-order valence-electron chi connectivity index (χ2n) is 2.97. The summed E-state index contributed by atoms with van der Waals surface area (Å²) in [4.78, 5) is 0. The first kappa shape index (κ1) is 10.7. The van der Waals surface area contributed by atoms with Gasteiger partial charge in [0.2, 0.25) is 0 Å². The number of unbranched alkanes of at least 4 members (excludes halogenated alkanes) is 1. The fraction of sp³-hybridized carbons (Fsp3) is 0.800. The van der Waals surface area contributed by atoms with Crippen molar-refractivity contribution in [3.8, 4) is 0 Å². The van der Waals surface area contributed by atoms with E-state index >= 15 is 0 Å². The topological polar surface area (TPSA) is 26.0 Å². The Morgan fingerprint density at radius 3 is 2.55 bits per heavy atom. The van der Waals surface area contributed by atoms with Gasteiger partial charge < -0.3 is 5.73 Å². The molecule has 2 N–H and O–H groups in total. The molecule has 0 saturated heterocycles. The van der Waals surface area contributed by atoms with E-state index < -0.39 is 0 Å². The van der Waals surface area contributed by atoms with Crippen molar-refractivity contribution in [2.24, 2.45) is 11.7 Å². The molecular formula is C10H21N. The minimum Gasteiger partial charge on any atom is -0.327 e. The van der Waals surface area contributed by atoms with Crippen LogP contribution in [0, 0.1) is 5.92 Å². The van der Waals surface area contributed by atoms with Crippen molar-refractivity contribution in [1.29, 1.82) is 0 Å². The zero-order valence-corrected chi connectivity index (χ0v) is 7.84. The van der Waals surface area contributed by atoms with Gasteiger partial charge >= 0.3 is 0 Å². The molecule has 0 aromatic carbocycles. The molecule has 0 aliphatic heterocycles. The molecule has 0 spiro atoms. The minimum atomic E-state index is 0.683. The van der Waals surface area contributed by atoms with Gasteiger partial charge in [-0.05, 0) is 18.8 Å². The van der Waals surface area contributed by atoms with Gasteiger partial charge in [0, 0.05) is 6.54 Å². The quantitative estimate of drug-likeness (QED) is 0.586. The molecule has 1 heteroatoms. The van der Waals surface area contributed by atoms with E-state index in [1.807, 2.05) is 0 Å². The molecule has 0 heterocycles. The maximum Gasteiger partial charge on any atom is 0.0106 e. The van der Waals surface area contributed by atoms with Gasteiger partial charge in [0.1, 0.15) is 0 Å². The van der Waals surface area contributed by atoms with Crippen LogP contribution in [0.3, 0.4) is 0 Å². The molecule has 1 atom stereocenters. The molecule has 0 aliphatic rings. The highest BCUT2D eigenvalue weighted by atomic mass is 14.5. The van der Waals surface area contributed by atoms with Gasteiger partial charge in [-0.2, -0.15) is 0 Å². The molecular weight excluding hydrogens is 134 g/mol. The zero-order valence-electron chi connectivity index (χ0n) is 7.84. The van der Waals surface area contributed by atoms with Gasteiger partial charge in [0.15, 0.2) is 0 Å². The largest absolute Gasteiger partial charge is 0.327 e. The lowest BCUT2D eigenvalue weighted by Gasteiger charge is -2.07. The molecule has 1 unspecified atom stereocenters. The molecule has 66 valence electrons. The third-order valence-corrected chi connectivity index (χ3v) is 2.00. The maximum atomic E-state index is 5.37. The van der Waals surface area contributed by atoms with Crippen LogP contribution in [0.1, 0.15) is 39.5 Å². The molecule has 0 radical (unpaired) electrons. The third-order valence-electron chi connectivity index (χ3n) is 2.00. The Labute approximate surface area is 70.7 Å². The summed E-state index contributed by atoms with van der Waals surface area (Å²) in [5, 5.41) is 0. The zero-order chi connectivity index (χ0) is 8.53. The number of rotatable bonds is 6. The Hall–Kier alpha value is -0.300. The summed E-state index contributed by atoms with van der Waals surface area (Å²) in [6, 6.07) is 0. The van der Waals surface area contributed by atoms with Crippen molar-refractivity contribution in [3.63, 3.8) is 0 Å². The lowest BCUT2D eigenvalue weighted by atomic mass is 9.99. The predicted octanol–water partition coefficient (Wildman–Crippen LogP) is 2.72. The van der Waals surface area contributed by atoms with Gasteiger partial charge in [-0.25, -0.2) is 0 Å². The van der Waals surface area contributed by atoms with Crippen molar-refractivity contribution in [3.05, 3.63) is 12.2 Å². The highest BCUT2D eigenvalue weighted by molar-refractivity contribution is 4.88. The first-order chi connectivity index (χ1) is 5.35. The van der Waals surface area contributed by atoms with E-state index in [0.29, 0.717) is 6.54 Å². The van der Waals surface area contributed by atoms with Crippen molar-refractivity contribution < 1.29 is 0 Å². The summed E-state index contributed by atoms with van der Waals surface area (Å²) < 4.78 is 0. The molecule has 0 rings (SSSR count). The molecule has 0 bridgehead atoms. The van der Waals surface area contributed by atoms with Crippen LogP contribution in [0.5, 0.6) is 0 Å². The number of allylic oxidation sites excluding steroid dienone is 1. The Morgan fingerprint density at radius 1 is 1.36 bits per heavy atom. The second-order valence-corrected chi connectivity index (χ2v) is 2.97. The molecule has 1 nitrogen and oxygen atoms in total. The van der Waals surface area contributed by atoms with Crippen molar-refractivity contribution in [2.75, 3.05) is 6.54 Å². The average Bonchev–Trinajstić information content (AvgIpc) is 2.05. The summed E-state index contributed by atoms with van der Waals surface area (Å²) in [6.45, 7) is 5.16. The lowest BCUT2D eigenvalue weighted by Crippen LogP contribution is -1.97.